The number of amides is 1. The predicted octanol–water partition coefficient (Wildman–Crippen LogP) is 4.04. The summed E-state index contributed by atoms with van der Waals surface area (Å²) in [5, 5.41) is 4.03. The first-order valence-corrected chi connectivity index (χ1v) is 9.28. The van der Waals surface area contributed by atoms with Gasteiger partial charge in [-0.05, 0) is 37.1 Å². The van der Waals surface area contributed by atoms with E-state index >= 15 is 0 Å². The molecule has 29 heavy (non-hydrogen) atoms. The Bertz CT molecular complexity index is 1020. The average molecular weight is 399 g/mol. The molecular formula is C21H19F2N3O3. The minimum absolute atomic E-state index is 0.200. The van der Waals surface area contributed by atoms with Crippen molar-refractivity contribution in [3.05, 3.63) is 65.6 Å². The molecule has 0 bridgehead atoms. The molecule has 1 aliphatic heterocycles. The highest BCUT2D eigenvalue weighted by Crippen LogP contribution is 2.29. The molecule has 1 atom stereocenters. The Morgan fingerprint density at radius 3 is 2.72 bits per heavy atom. The number of carbonyl (C=O) groups excluding carboxylic acids is 1. The lowest BCUT2D eigenvalue weighted by molar-refractivity contribution is 0.0686. The minimum atomic E-state index is -0.866. The van der Waals surface area contributed by atoms with Gasteiger partial charge >= 0.3 is 0 Å². The van der Waals surface area contributed by atoms with E-state index in [0.717, 1.165) is 24.1 Å². The molecule has 1 saturated heterocycles. The van der Waals surface area contributed by atoms with Crippen molar-refractivity contribution in [2.45, 2.75) is 18.8 Å². The highest BCUT2D eigenvalue weighted by molar-refractivity contribution is 5.94. The molecule has 1 aliphatic rings. The number of benzene rings is 2. The van der Waals surface area contributed by atoms with Gasteiger partial charge in [0, 0.05) is 18.7 Å². The minimum Gasteiger partial charge on any atom is -0.497 e. The van der Waals surface area contributed by atoms with Gasteiger partial charge in [-0.3, -0.25) is 4.79 Å². The second-order valence-corrected chi connectivity index (χ2v) is 6.88. The van der Waals surface area contributed by atoms with Gasteiger partial charge in [-0.1, -0.05) is 23.4 Å². The number of hydrogen-bond acceptors (Lipinski definition) is 5. The number of hydrogen-bond donors (Lipinski definition) is 0. The van der Waals surface area contributed by atoms with E-state index in [4.69, 9.17) is 9.26 Å². The topological polar surface area (TPSA) is 68.5 Å². The lowest BCUT2D eigenvalue weighted by atomic mass is 9.97. The van der Waals surface area contributed by atoms with Gasteiger partial charge in [0.15, 0.2) is 0 Å². The molecule has 0 spiro atoms. The highest BCUT2D eigenvalue weighted by atomic mass is 19.1. The van der Waals surface area contributed by atoms with Gasteiger partial charge in [-0.25, -0.2) is 8.78 Å². The van der Waals surface area contributed by atoms with E-state index in [0.29, 0.717) is 30.4 Å². The smallest absolute Gasteiger partial charge is 0.259 e. The summed E-state index contributed by atoms with van der Waals surface area (Å²) in [6, 6.07) is 10.7. The largest absolute Gasteiger partial charge is 0.497 e. The maximum atomic E-state index is 14.0. The number of aromatic nitrogens is 2. The Labute approximate surface area is 166 Å². The fourth-order valence-electron chi connectivity index (χ4n) is 3.50. The number of likely N-dealkylation sites (tertiary alicyclic amines) is 1. The Morgan fingerprint density at radius 2 is 1.97 bits per heavy atom. The van der Waals surface area contributed by atoms with Crippen molar-refractivity contribution in [3.63, 3.8) is 0 Å². The van der Waals surface area contributed by atoms with Crippen molar-refractivity contribution < 1.29 is 22.8 Å². The quantitative estimate of drug-likeness (QED) is 0.662. The fraction of sp³-hybridized carbons (Fsp3) is 0.286. The van der Waals surface area contributed by atoms with Crippen LogP contribution in [-0.2, 0) is 0 Å². The van der Waals surface area contributed by atoms with Crippen LogP contribution in [0.15, 0.2) is 47.0 Å². The van der Waals surface area contributed by atoms with Crippen LogP contribution in [0.5, 0.6) is 5.75 Å². The van der Waals surface area contributed by atoms with Crippen LogP contribution < -0.4 is 4.74 Å². The Balaban J connectivity index is 1.53. The lowest BCUT2D eigenvalue weighted by Gasteiger charge is -2.31. The number of nitrogens with zero attached hydrogens (tertiary/aromatic N) is 3. The molecule has 0 N–H and O–H groups in total. The first kappa shape index (κ1) is 19.0. The summed E-state index contributed by atoms with van der Waals surface area (Å²) in [4.78, 5) is 18.6. The third-order valence-electron chi connectivity index (χ3n) is 5.00. The molecule has 8 heteroatoms. The summed E-state index contributed by atoms with van der Waals surface area (Å²) in [5.74, 6) is -1.11. The van der Waals surface area contributed by atoms with Crippen molar-refractivity contribution in [1.82, 2.24) is 15.0 Å². The van der Waals surface area contributed by atoms with E-state index < -0.39 is 23.1 Å². The molecule has 2 aromatic carbocycles. The molecule has 2 heterocycles. The molecule has 0 radical (unpaired) electrons. The van der Waals surface area contributed by atoms with E-state index in [2.05, 4.69) is 10.1 Å². The number of piperidine rings is 1. The van der Waals surface area contributed by atoms with Gasteiger partial charge in [-0.15, -0.1) is 0 Å². The first-order chi connectivity index (χ1) is 14.1. The molecule has 0 aliphatic carbocycles. The number of ether oxygens (including phenoxy) is 1. The fourth-order valence-corrected chi connectivity index (χ4v) is 3.50. The second kappa shape index (κ2) is 7.98. The van der Waals surface area contributed by atoms with Crippen LogP contribution in [0.4, 0.5) is 8.78 Å². The van der Waals surface area contributed by atoms with Gasteiger partial charge in [0.1, 0.15) is 22.9 Å². The Hall–Kier alpha value is -3.29. The Morgan fingerprint density at radius 1 is 1.21 bits per heavy atom. The zero-order chi connectivity index (χ0) is 20.4. The zero-order valence-electron chi connectivity index (χ0n) is 15.8. The molecule has 0 saturated carbocycles. The third-order valence-corrected chi connectivity index (χ3v) is 5.00. The van der Waals surface area contributed by atoms with E-state index in [-0.39, 0.29) is 12.5 Å². The lowest BCUT2D eigenvalue weighted by Crippen LogP contribution is -2.40. The van der Waals surface area contributed by atoms with E-state index in [1.54, 1.807) is 13.2 Å². The van der Waals surface area contributed by atoms with Crippen molar-refractivity contribution in [2.75, 3.05) is 20.2 Å². The van der Waals surface area contributed by atoms with E-state index in [1.165, 1.54) is 11.0 Å². The van der Waals surface area contributed by atoms with E-state index in [1.807, 2.05) is 18.2 Å². The van der Waals surface area contributed by atoms with Crippen molar-refractivity contribution in [1.29, 1.82) is 0 Å². The molecule has 3 aromatic rings. The number of rotatable bonds is 4. The summed E-state index contributed by atoms with van der Waals surface area (Å²) in [6.07, 6.45) is 1.41. The number of carbonyl (C=O) groups is 1. The standard InChI is InChI=1S/C21H19F2N3O3/c1-28-15-7-2-5-13(11-15)19-24-20(29-25-19)14-6-4-10-26(12-14)21(27)18-16(22)8-3-9-17(18)23/h2-3,5,7-9,11,14H,4,6,10,12H2,1H3. The van der Waals surface area contributed by atoms with Crippen LogP contribution in [-0.4, -0.2) is 41.1 Å². The molecule has 150 valence electrons. The molecule has 4 rings (SSSR count). The summed E-state index contributed by atoms with van der Waals surface area (Å²) >= 11 is 0. The van der Waals surface area contributed by atoms with Gasteiger partial charge < -0.3 is 14.2 Å². The first-order valence-electron chi connectivity index (χ1n) is 9.28. The zero-order valence-corrected chi connectivity index (χ0v) is 15.8. The normalized spacial score (nSPS) is 16.7. The van der Waals surface area contributed by atoms with Gasteiger partial charge in [0.05, 0.1) is 13.0 Å². The van der Waals surface area contributed by atoms with Crippen LogP contribution in [0.25, 0.3) is 11.4 Å². The molecule has 1 aromatic heterocycles. The summed E-state index contributed by atoms with van der Waals surface area (Å²) in [5.41, 5.74) is 0.215. The van der Waals surface area contributed by atoms with Crippen molar-refractivity contribution in [2.24, 2.45) is 0 Å². The predicted molar refractivity (Wildman–Crippen MR) is 101 cm³/mol. The van der Waals surface area contributed by atoms with Crippen LogP contribution in [0, 0.1) is 11.6 Å². The van der Waals surface area contributed by atoms with Gasteiger partial charge in [-0.2, -0.15) is 4.98 Å². The Kier molecular flexibility index (Phi) is 5.24. The maximum Gasteiger partial charge on any atom is 0.259 e. The summed E-state index contributed by atoms with van der Waals surface area (Å²) in [6.45, 7) is 0.673. The molecular weight excluding hydrogens is 380 g/mol. The van der Waals surface area contributed by atoms with Crippen LogP contribution in [0.1, 0.15) is 35.0 Å². The molecule has 1 fully saturated rings. The highest BCUT2D eigenvalue weighted by Gasteiger charge is 2.31. The van der Waals surface area contributed by atoms with Crippen LogP contribution >= 0.6 is 0 Å². The SMILES string of the molecule is COc1cccc(-c2noc(C3CCCN(C(=O)c4c(F)cccc4F)C3)n2)c1. The summed E-state index contributed by atoms with van der Waals surface area (Å²) < 4.78 is 38.6. The van der Waals surface area contributed by atoms with E-state index in [9.17, 15) is 13.6 Å². The van der Waals surface area contributed by atoms with Crippen molar-refractivity contribution in [3.8, 4) is 17.1 Å². The third kappa shape index (κ3) is 3.83. The number of methoxy groups -OCH3 is 1. The van der Waals surface area contributed by atoms with Gasteiger partial charge in [0.25, 0.3) is 5.91 Å². The number of halogens is 2. The molecule has 6 nitrogen and oxygen atoms in total. The molecule has 1 amide bonds. The summed E-state index contributed by atoms with van der Waals surface area (Å²) in [7, 11) is 1.58. The second-order valence-electron chi connectivity index (χ2n) is 6.88. The monoisotopic (exact) mass is 399 g/mol. The average Bonchev–Trinajstić information content (AvgIpc) is 3.24. The van der Waals surface area contributed by atoms with Gasteiger partial charge in [0.2, 0.25) is 11.7 Å². The maximum absolute atomic E-state index is 14.0. The molecule has 1 unspecified atom stereocenters. The van der Waals surface area contributed by atoms with Crippen LogP contribution in [0.2, 0.25) is 0 Å². The van der Waals surface area contributed by atoms with Crippen LogP contribution in [0.3, 0.4) is 0 Å². The van der Waals surface area contributed by atoms with Crippen molar-refractivity contribution >= 4 is 5.91 Å².